The van der Waals surface area contributed by atoms with Gasteiger partial charge < -0.3 is 9.47 Å². The molecule has 0 radical (unpaired) electrons. The number of rotatable bonds is 5. The van der Waals surface area contributed by atoms with E-state index in [0.29, 0.717) is 5.75 Å². The van der Waals surface area contributed by atoms with Crippen LogP contribution in [0.5, 0.6) is 5.75 Å². The van der Waals surface area contributed by atoms with E-state index >= 15 is 0 Å². The van der Waals surface area contributed by atoms with Crippen LogP contribution in [-0.4, -0.2) is 48.9 Å². The summed E-state index contributed by atoms with van der Waals surface area (Å²) in [7, 11) is 1.61. The van der Waals surface area contributed by atoms with E-state index in [9.17, 15) is 9.59 Å². The maximum absolute atomic E-state index is 13.9. The van der Waals surface area contributed by atoms with Crippen LogP contribution in [0.3, 0.4) is 0 Å². The van der Waals surface area contributed by atoms with Gasteiger partial charge in [-0.1, -0.05) is 66.2 Å². The Morgan fingerprint density at radius 1 is 1.03 bits per heavy atom. The van der Waals surface area contributed by atoms with Crippen molar-refractivity contribution in [2.24, 2.45) is 5.10 Å². The summed E-state index contributed by atoms with van der Waals surface area (Å²) >= 11 is 0. The fourth-order valence-corrected chi connectivity index (χ4v) is 4.61. The average Bonchev–Trinajstić information content (AvgIpc) is 3.48. The van der Waals surface area contributed by atoms with Crippen molar-refractivity contribution in [1.29, 1.82) is 0 Å². The summed E-state index contributed by atoms with van der Waals surface area (Å²) in [5, 5.41) is 6.72. The lowest BCUT2D eigenvalue weighted by atomic mass is 9.83. The standard InChI is InChI=1S/C27H25N3O4/c1-18-9-8-10-19(17-18)24-23(21-13-6-7-14-22(21)33-2)25(26(31)29-15-16-34-27(29)32)30(28-24)20-11-4-3-5-12-20/h3-14,17,23,25H,15-16H2,1-2H3. The van der Waals surface area contributed by atoms with Crippen LogP contribution in [0.25, 0.3) is 0 Å². The second-order valence-electron chi connectivity index (χ2n) is 8.30. The molecule has 2 aliphatic rings. The number of anilines is 1. The summed E-state index contributed by atoms with van der Waals surface area (Å²) < 4.78 is 10.8. The van der Waals surface area contributed by atoms with Crippen molar-refractivity contribution in [3.63, 3.8) is 0 Å². The lowest BCUT2D eigenvalue weighted by Crippen LogP contribution is -2.48. The van der Waals surface area contributed by atoms with Crippen molar-refractivity contribution in [2.45, 2.75) is 18.9 Å². The number of ether oxygens (including phenoxy) is 2. The molecule has 2 heterocycles. The van der Waals surface area contributed by atoms with Crippen LogP contribution in [0.1, 0.15) is 22.6 Å². The van der Waals surface area contributed by atoms with E-state index in [1.165, 1.54) is 4.90 Å². The van der Waals surface area contributed by atoms with Crippen LogP contribution < -0.4 is 9.75 Å². The molecule has 2 aliphatic heterocycles. The van der Waals surface area contributed by atoms with Crippen molar-refractivity contribution in [1.82, 2.24) is 4.90 Å². The Morgan fingerprint density at radius 3 is 2.50 bits per heavy atom. The summed E-state index contributed by atoms with van der Waals surface area (Å²) in [4.78, 5) is 27.5. The van der Waals surface area contributed by atoms with E-state index in [-0.39, 0.29) is 19.1 Å². The van der Waals surface area contributed by atoms with Crippen LogP contribution in [0.4, 0.5) is 10.5 Å². The van der Waals surface area contributed by atoms with Crippen molar-refractivity contribution in [2.75, 3.05) is 25.3 Å². The van der Waals surface area contributed by atoms with Crippen molar-refractivity contribution in [3.05, 3.63) is 95.6 Å². The molecule has 1 fully saturated rings. The van der Waals surface area contributed by atoms with Crippen LogP contribution >= 0.6 is 0 Å². The van der Waals surface area contributed by atoms with E-state index in [4.69, 9.17) is 14.6 Å². The topological polar surface area (TPSA) is 71.4 Å². The van der Waals surface area contributed by atoms with Crippen LogP contribution in [0.2, 0.25) is 0 Å². The third-order valence-electron chi connectivity index (χ3n) is 6.18. The quantitative estimate of drug-likeness (QED) is 0.572. The summed E-state index contributed by atoms with van der Waals surface area (Å²) in [6, 6.07) is 24.4. The molecule has 34 heavy (non-hydrogen) atoms. The zero-order valence-electron chi connectivity index (χ0n) is 19.0. The normalized spacial score (nSPS) is 19.7. The molecule has 1 saturated heterocycles. The number of amides is 2. The number of methoxy groups -OCH3 is 1. The van der Waals surface area contributed by atoms with Crippen LogP contribution in [-0.2, 0) is 9.53 Å². The zero-order valence-corrected chi connectivity index (χ0v) is 19.0. The molecule has 2 atom stereocenters. The number of benzene rings is 3. The number of imide groups is 1. The Balaban J connectivity index is 1.72. The minimum Gasteiger partial charge on any atom is -0.496 e. The molecule has 5 rings (SSSR count). The van der Waals surface area contributed by atoms with E-state index < -0.39 is 18.1 Å². The van der Waals surface area contributed by atoms with Gasteiger partial charge in [0.05, 0.1) is 31.0 Å². The second-order valence-corrected chi connectivity index (χ2v) is 8.30. The third-order valence-corrected chi connectivity index (χ3v) is 6.18. The van der Waals surface area contributed by atoms with Gasteiger partial charge >= 0.3 is 6.09 Å². The second kappa shape index (κ2) is 9.02. The molecule has 3 aromatic rings. The van der Waals surface area contributed by atoms with Crippen LogP contribution in [0.15, 0.2) is 84.0 Å². The first kappa shape index (κ1) is 21.7. The summed E-state index contributed by atoms with van der Waals surface area (Å²) in [5.41, 5.74) is 4.33. The largest absolute Gasteiger partial charge is 0.496 e. The van der Waals surface area contributed by atoms with Gasteiger partial charge in [0.2, 0.25) is 0 Å². The first-order valence-corrected chi connectivity index (χ1v) is 11.2. The maximum atomic E-state index is 13.9. The van der Waals surface area contributed by atoms with Gasteiger partial charge in [0.15, 0.2) is 0 Å². The number of hydrogen-bond donors (Lipinski definition) is 0. The molecular weight excluding hydrogens is 430 g/mol. The summed E-state index contributed by atoms with van der Waals surface area (Å²) in [5.74, 6) is -0.169. The number of para-hydroxylation sites is 2. The monoisotopic (exact) mass is 455 g/mol. The Labute approximate surface area is 198 Å². The minimum atomic E-state index is -0.792. The molecule has 2 unspecified atom stereocenters. The number of hydrazone groups is 1. The van der Waals surface area contributed by atoms with Gasteiger partial charge in [-0.25, -0.2) is 9.69 Å². The number of hydrogen-bond acceptors (Lipinski definition) is 6. The van der Waals surface area contributed by atoms with Crippen molar-refractivity contribution < 1.29 is 19.1 Å². The summed E-state index contributed by atoms with van der Waals surface area (Å²) in [6.45, 7) is 2.43. The van der Waals surface area contributed by atoms with E-state index in [0.717, 1.165) is 28.1 Å². The van der Waals surface area contributed by atoms with Crippen LogP contribution in [0, 0.1) is 6.92 Å². The Hall–Kier alpha value is -4.13. The molecule has 3 aromatic carbocycles. The first-order valence-electron chi connectivity index (χ1n) is 11.2. The number of carbonyl (C=O) groups is 2. The number of carbonyl (C=O) groups excluding carboxylic acids is 2. The lowest BCUT2D eigenvalue weighted by Gasteiger charge is -2.30. The highest BCUT2D eigenvalue weighted by Gasteiger charge is 2.48. The van der Waals surface area contributed by atoms with Gasteiger partial charge in [-0.05, 0) is 30.7 Å². The number of nitrogens with zero attached hydrogens (tertiary/aromatic N) is 3. The predicted molar refractivity (Wildman–Crippen MR) is 129 cm³/mol. The Morgan fingerprint density at radius 2 is 1.79 bits per heavy atom. The molecule has 2 amide bonds. The van der Waals surface area contributed by atoms with Gasteiger partial charge in [0, 0.05) is 5.56 Å². The molecule has 7 nitrogen and oxygen atoms in total. The van der Waals surface area contributed by atoms with E-state index in [2.05, 4.69) is 6.07 Å². The molecule has 0 aromatic heterocycles. The summed E-state index contributed by atoms with van der Waals surface area (Å²) in [6.07, 6.45) is -0.624. The predicted octanol–water partition coefficient (Wildman–Crippen LogP) is 4.36. The fourth-order valence-electron chi connectivity index (χ4n) is 4.61. The smallest absolute Gasteiger partial charge is 0.416 e. The fraction of sp³-hybridized carbons (Fsp3) is 0.222. The SMILES string of the molecule is COc1ccccc1C1C(c2cccc(C)c2)=NN(c2ccccc2)C1C(=O)N1CCOC1=O. The molecule has 0 aliphatic carbocycles. The minimum absolute atomic E-state index is 0.188. The van der Waals surface area contributed by atoms with Crippen molar-refractivity contribution in [3.8, 4) is 5.75 Å². The molecule has 7 heteroatoms. The number of aryl methyl sites for hydroxylation is 1. The maximum Gasteiger partial charge on any atom is 0.416 e. The zero-order chi connectivity index (χ0) is 23.7. The highest BCUT2D eigenvalue weighted by molar-refractivity contribution is 6.13. The molecule has 0 saturated carbocycles. The first-order chi connectivity index (χ1) is 16.6. The molecule has 172 valence electrons. The van der Waals surface area contributed by atoms with Gasteiger partial charge in [-0.3, -0.25) is 9.80 Å². The molecule has 0 N–H and O–H groups in total. The molecule has 0 spiro atoms. The van der Waals surface area contributed by atoms with Gasteiger partial charge in [-0.2, -0.15) is 5.10 Å². The Kier molecular flexibility index (Phi) is 5.76. The van der Waals surface area contributed by atoms with E-state index in [1.807, 2.05) is 79.7 Å². The van der Waals surface area contributed by atoms with Crippen molar-refractivity contribution >= 4 is 23.4 Å². The number of cyclic esters (lactones) is 1. The molecule has 0 bridgehead atoms. The average molecular weight is 456 g/mol. The third kappa shape index (κ3) is 3.79. The van der Waals surface area contributed by atoms with E-state index in [1.54, 1.807) is 12.1 Å². The highest BCUT2D eigenvalue weighted by atomic mass is 16.6. The Bertz CT molecular complexity index is 1260. The van der Waals surface area contributed by atoms with Gasteiger partial charge in [0.25, 0.3) is 5.91 Å². The van der Waals surface area contributed by atoms with Gasteiger partial charge in [0.1, 0.15) is 18.4 Å². The lowest BCUT2D eigenvalue weighted by molar-refractivity contribution is -0.129. The highest BCUT2D eigenvalue weighted by Crippen LogP contribution is 2.41. The van der Waals surface area contributed by atoms with Gasteiger partial charge in [-0.15, -0.1) is 0 Å². The molecular formula is C27H25N3O4.